The van der Waals surface area contributed by atoms with Crippen molar-refractivity contribution in [3.8, 4) is 0 Å². The fraction of sp³-hybridized carbons (Fsp3) is 1.00. The third kappa shape index (κ3) is 0.586. The van der Waals surface area contributed by atoms with Crippen LogP contribution >= 0.6 is 0 Å². The van der Waals surface area contributed by atoms with E-state index in [-0.39, 0.29) is 0 Å². The van der Waals surface area contributed by atoms with Gasteiger partial charge < -0.3 is 5.73 Å². The third-order valence-corrected chi connectivity index (χ3v) is 3.39. The SMILES string of the molecule is CC1(C)[C@@H]2C[C@@H]2C[C@@H]1N. The molecule has 0 aromatic heterocycles. The molecule has 0 unspecified atom stereocenters. The van der Waals surface area contributed by atoms with E-state index in [1.165, 1.54) is 12.8 Å². The number of hydrogen-bond donors (Lipinski definition) is 1. The molecule has 0 amide bonds. The van der Waals surface area contributed by atoms with E-state index in [1.54, 1.807) is 0 Å². The van der Waals surface area contributed by atoms with Gasteiger partial charge in [0, 0.05) is 6.04 Å². The van der Waals surface area contributed by atoms with Crippen LogP contribution < -0.4 is 5.73 Å². The molecule has 0 radical (unpaired) electrons. The quantitative estimate of drug-likeness (QED) is 0.520. The van der Waals surface area contributed by atoms with Crippen molar-refractivity contribution < 1.29 is 0 Å². The lowest BCUT2D eigenvalue weighted by Crippen LogP contribution is -2.34. The molecular formula is C8H15N. The number of nitrogens with two attached hydrogens (primary N) is 1. The van der Waals surface area contributed by atoms with Gasteiger partial charge in [0.2, 0.25) is 0 Å². The molecule has 0 aromatic carbocycles. The summed E-state index contributed by atoms with van der Waals surface area (Å²) in [6.07, 6.45) is 2.75. The van der Waals surface area contributed by atoms with Crippen molar-refractivity contribution in [2.24, 2.45) is 23.0 Å². The minimum absolute atomic E-state index is 0.463. The smallest absolute Gasteiger partial charge is 0.00957 e. The van der Waals surface area contributed by atoms with Gasteiger partial charge in [-0.05, 0) is 30.1 Å². The van der Waals surface area contributed by atoms with Crippen LogP contribution in [0.25, 0.3) is 0 Å². The Morgan fingerprint density at radius 2 is 2.00 bits per heavy atom. The van der Waals surface area contributed by atoms with Gasteiger partial charge in [-0.1, -0.05) is 13.8 Å². The summed E-state index contributed by atoms with van der Waals surface area (Å²) in [5, 5.41) is 0. The number of fused-ring (bicyclic) bond motifs is 1. The van der Waals surface area contributed by atoms with Gasteiger partial charge in [0.15, 0.2) is 0 Å². The van der Waals surface area contributed by atoms with Gasteiger partial charge in [0.25, 0.3) is 0 Å². The number of rotatable bonds is 0. The molecule has 0 aliphatic heterocycles. The van der Waals surface area contributed by atoms with Gasteiger partial charge in [0.05, 0.1) is 0 Å². The van der Waals surface area contributed by atoms with Crippen molar-refractivity contribution in [2.75, 3.05) is 0 Å². The standard InChI is InChI=1S/C8H15N/c1-8(2)6-3-5(6)4-7(8)9/h5-7H,3-4,9H2,1-2H3/t5-,6-,7+/m1/s1. The van der Waals surface area contributed by atoms with E-state index < -0.39 is 0 Å². The molecule has 0 bridgehead atoms. The first-order valence-electron chi connectivity index (χ1n) is 3.88. The summed E-state index contributed by atoms with van der Waals surface area (Å²) in [5.41, 5.74) is 6.40. The fourth-order valence-electron chi connectivity index (χ4n) is 2.32. The fourth-order valence-corrected chi connectivity index (χ4v) is 2.32. The van der Waals surface area contributed by atoms with Gasteiger partial charge in [-0.3, -0.25) is 0 Å². The van der Waals surface area contributed by atoms with Gasteiger partial charge in [-0.2, -0.15) is 0 Å². The van der Waals surface area contributed by atoms with Crippen LogP contribution in [-0.4, -0.2) is 6.04 Å². The molecule has 3 atom stereocenters. The number of hydrogen-bond acceptors (Lipinski definition) is 1. The first kappa shape index (κ1) is 5.72. The second kappa shape index (κ2) is 1.34. The molecule has 0 heterocycles. The van der Waals surface area contributed by atoms with Crippen LogP contribution in [0.1, 0.15) is 26.7 Å². The monoisotopic (exact) mass is 125 g/mol. The van der Waals surface area contributed by atoms with E-state index in [4.69, 9.17) is 5.73 Å². The Kier molecular flexibility index (Phi) is 0.852. The van der Waals surface area contributed by atoms with E-state index in [0.29, 0.717) is 11.5 Å². The molecule has 2 aliphatic rings. The predicted molar refractivity (Wildman–Crippen MR) is 38.0 cm³/mol. The first-order chi connectivity index (χ1) is 4.12. The Balaban J connectivity index is 2.20. The Bertz CT molecular complexity index is 136. The molecular weight excluding hydrogens is 110 g/mol. The van der Waals surface area contributed by atoms with Crippen molar-refractivity contribution in [1.29, 1.82) is 0 Å². The second-order valence-corrected chi connectivity index (χ2v) is 4.27. The molecule has 9 heavy (non-hydrogen) atoms. The lowest BCUT2D eigenvalue weighted by Gasteiger charge is -2.26. The van der Waals surface area contributed by atoms with Crippen molar-refractivity contribution in [2.45, 2.75) is 32.7 Å². The maximum Gasteiger partial charge on any atom is 0.00957 e. The zero-order valence-electron chi connectivity index (χ0n) is 6.22. The van der Waals surface area contributed by atoms with Gasteiger partial charge in [-0.25, -0.2) is 0 Å². The molecule has 1 nitrogen and oxygen atoms in total. The molecule has 2 aliphatic carbocycles. The van der Waals surface area contributed by atoms with Crippen LogP contribution in [0, 0.1) is 17.3 Å². The molecule has 2 rings (SSSR count). The summed E-state index contributed by atoms with van der Waals surface area (Å²) in [5.74, 6) is 1.99. The minimum Gasteiger partial charge on any atom is -0.327 e. The average molecular weight is 125 g/mol. The molecule has 52 valence electrons. The van der Waals surface area contributed by atoms with E-state index >= 15 is 0 Å². The largest absolute Gasteiger partial charge is 0.327 e. The predicted octanol–water partition coefficient (Wildman–Crippen LogP) is 1.38. The van der Waals surface area contributed by atoms with Crippen molar-refractivity contribution in [1.82, 2.24) is 0 Å². The van der Waals surface area contributed by atoms with Crippen molar-refractivity contribution in [3.63, 3.8) is 0 Å². The Hall–Kier alpha value is -0.0400. The van der Waals surface area contributed by atoms with Crippen LogP contribution in [0.3, 0.4) is 0 Å². The van der Waals surface area contributed by atoms with E-state index in [1.807, 2.05) is 0 Å². The van der Waals surface area contributed by atoms with E-state index in [9.17, 15) is 0 Å². The highest BCUT2D eigenvalue weighted by Gasteiger charge is 2.56. The molecule has 0 aromatic rings. The van der Waals surface area contributed by atoms with Crippen LogP contribution in [0.5, 0.6) is 0 Å². The molecule has 2 N–H and O–H groups in total. The zero-order chi connectivity index (χ0) is 6.65. The Labute approximate surface area is 56.6 Å². The molecule has 2 fully saturated rings. The Morgan fingerprint density at radius 1 is 1.33 bits per heavy atom. The van der Waals surface area contributed by atoms with Crippen LogP contribution in [-0.2, 0) is 0 Å². The summed E-state index contributed by atoms with van der Waals surface area (Å²) in [6.45, 7) is 4.63. The highest BCUT2D eigenvalue weighted by molar-refractivity contribution is 5.08. The molecule has 0 saturated heterocycles. The molecule has 1 heteroatoms. The highest BCUT2D eigenvalue weighted by atomic mass is 14.8. The second-order valence-electron chi connectivity index (χ2n) is 4.27. The van der Waals surface area contributed by atoms with E-state index in [2.05, 4.69) is 13.8 Å². The topological polar surface area (TPSA) is 26.0 Å². The van der Waals surface area contributed by atoms with Crippen molar-refractivity contribution >= 4 is 0 Å². The third-order valence-electron chi connectivity index (χ3n) is 3.39. The highest BCUT2D eigenvalue weighted by Crippen LogP contribution is 2.61. The first-order valence-corrected chi connectivity index (χ1v) is 3.88. The molecule has 2 saturated carbocycles. The van der Waals surface area contributed by atoms with Gasteiger partial charge >= 0.3 is 0 Å². The normalized spacial score (nSPS) is 53.0. The van der Waals surface area contributed by atoms with Gasteiger partial charge in [0.1, 0.15) is 0 Å². The summed E-state index contributed by atoms with van der Waals surface area (Å²) in [4.78, 5) is 0. The van der Waals surface area contributed by atoms with Gasteiger partial charge in [-0.15, -0.1) is 0 Å². The van der Waals surface area contributed by atoms with Crippen LogP contribution in [0.4, 0.5) is 0 Å². The maximum atomic E-state index is 5.93. The summed E-state index contributed by atoms with van der Waals surface area (Å²) < 4.78 is 0. The van der Waals surface area contributed by atoms with Crippen molar-refractivity contribution in [3.05, 3.63) is 0 Å². The summed E-state index contributed by atoms with van der Waals surface area (Å²) >= 11 is 0. The van der Waals surface area contributed by atoms with Crippen LogP contribution in [0.2, 0.25) is 0 Å². The van der Waals surface area contributed by atoms with Crippen LogP contribution in [0.15, 0.2) is 0 Å². The lowest BCUT2D eigenvalue weighted by molar-refractivity contribution is 0.280. The zero-order valence-corrected chi connectivity index (χ0v) is 6.22. The summed E-state index contributed by atoms with van der Waals surface area (Å²) in [6, 6.07) is 0.487. The summed E-state index contributed by atoms with van der Waals surface area (Å²) in [7, 11) is 0. The minimum atomic E-state index is 0.463. The average Bonchev–Trinajstić information content (AvgIpc) is 2.41. The molecule has 0 spiro atoms. The lowest BCUT2D eigenvalue weighted by atomic mass is 9.84. The maximum absolute atomic E-state index is 5.93. The van der Waals surface area contributed by atoms with E-state index in [0.717, 1.165) is 11.8 Å². The Morgan fingerprint density at radius 3 is 2.22 bits per heavy atom.